The van der Waals surface area contributed by atoms with Crippen molar-refractivity contribution in [3.63, 3.8) is 0 Å². The molecule has 1 amide bonds. The van der Waals surface area contributed by atoms with Crippen LogP contribution in [0.2, 0.25) is 0 Å². The molecule has 1 aliphatic heterocycles. The van der Waals surface area contributed by atoms with E-state index in [4.69, 9.17) is 4.74 Å². The van der Waals surface area contributed by atoms with Crippen molar-refractivity contribution in [3.8, 4) is 5.88 Å². The molecule has 0 saturated carbocycles. The van der Waals surface area contributed by atoms with Crippen molar-refractivity contribution in [2.75, 3.05) is 20.2 Å². The maximum Gasteiger partial charge on any atom is 0.272 e. The molecule has 1 aliphatic rings. The molecule has 0 radical (unpaired) electrons. The predicted octanol–water partition coefficient (Wildman–Crippen LogP) is 2.60. The fourth-order valence-corrected chi connectivity index (χ4v) is 1.80. The van der Waals surface area contributed by atoms with Crippen LogP contribution in [0.5, 0.6) is 5.88 Å². The molecule has 4 nitrogen and oxygen atoms in total. The quantitative estimate of drug-likeness (QED) is 0.828. The van der Waals surface area contributed by atoms with Gasteiger partial charge in [-0.1, -0.05) is 26.8 Å². The Kier molecular flexibility index (Phi) is 5.62. The van der Waals surface area contributed by atoms with E-state index in [1.54, 1.807) is 25.3 Å². The van der Waals surface area contributed by atoms with Gasteiger partial charge in [0.2, 0.25) is 5.88 Å². The minimum atomic E-state index is 0.00333. The molecule has 1 saturated heterocycles. The molecule has 0 N–H and O–H groups in total. The van der Waals surface area contributed by atoms with Gasteiger partial charge in [0.25, 0.3) is 5.91 Å². The lowest BCUT2D eigenvalue weighted by Gasteiger charge is -2.38. The smallest absolute Gasteiger partial charge is 0.272 e. The number of carbonyl (C=O) groups is 1. The Labute approximate surface area is 109 Å². The molecule has 1 aromatic heterocycles. The van der Waals surface area contributed by atoms with Crippen molar-refractivity contribution in [3.05, 3.63) is 23.9 Å². The van der Waals surface area contributed by atoms with Gasteiger partial charge in [0.05, 0.1) is 7.11 Å². The summed E-state index contributed by atoms with van der Waals surface area (Å²) >= 11 is 0. The Hall–Kier alpha value is -1.58. The van der Waals surface area contributed by atoms with Crippen molar-refractivity contribution in [2.45, 2.75) is 27.2 Å². The molecule has 0 atom stereocenters. The van der Waals surface area contributed by atoms with Crippen molar-refractivity contribution < 1.29 is 9.53 Å². The number of hydrogen-bond acceptors (Lipinski definition) is 3. The average Bonchev–Trinajstić information content (AvgIpc) is 2.40. The van der Waals surface area contributed by atoms with Crippen LogP contribution >= 0.6 is 0 Å². The topological polar surface area (TPSA) is 42.4 Å². The maximum atomic E-state index is 12.0. The number of aromatic nitrogens is 1. The van der Waals surface area contributed by atoms with Crippen LogP contribution < -0.4 is 4.74 Å². The Morgan fingerprint density at radius 2 is 2.11 bits per heavy atom. The first-order chi connectivity index (χ1) is 8.74. The van der Waals surface area contributed by atoms with Crippen LogP contribution in [0.3, 0.4) is 0 Å². The molecule has 0 spiro atoms. The highest BCUT2D eigenvalue weighted by Gasteiger charge is 2.30. The van der Waals surface area contributed by atoms with Crippen LogP contribution in [0.4, 0.5) is 0 Å². The Bertz CT molecular complexity index is 387. The lowest BCUT2D eigenvalue weighted by molar-refractivity contribution is 0.0487. The number of methoxy groups -OCH3 is 1. The molecule has 0 bridgehead atoms. The zero-order valence-corrected chi connectivity index (χ0v) is 11.6. The van der Waals surface area contributed by atoms with Crippen LogP contribution in [0.1, 0.15) is 37.7 Å². The second-order valence-corrected chi connectivity index (χ2v) is 4.05. The molecule has 2 heterocycles. The van der Waals surface area contributed by atoms with E-state index in [1.807, 2.05) is 18.7 Å². The Balaban J connectivity index is 0.000000771. The Morgan fingerprint density at radius 1 is 1.44 bits per heavy atom. The monoisotopic (exact) mass is 250 g/mol. The predicted molar refractivity (Wildman–Crippen MR) is 71.8 cm³/mol. The summed E-state index contributed by atoms with van der Waals surface area (Å²) in [6.45, 7) is 7.86. The Morgan fingerprint density at radius 3 is 2.67 bits per heavy atom. The van der Waals surface area contributed by atoms with E-state index in [2.05, 4.69) is 11.9 Å². The molecular formula is C14H22N2O2. The number of amides is 1. The largest absolute Gasteiger partial charge is 0.481 e. The van der Waals surface area contributed by atoms with Gasteiger partial charge < -0.3 is 9.64 Å². The lowest BCUT2D eigenvalue weighted by Crippen LogP contribution is -2.49. The highest BCUT2D eigenvalue weighted by Crippen LogP contribution is 2.21. The summed E-state index contributed by atoms with van der Waals surface area (Å²) in [5.74, 6) is 1.15. The van der Waals surface area contributed by atoms with E-state index in [-0.39, 0.29) is 5.91 Å². The second kappa shape index (κ2) is 6.99. The van der Waals surface area contributed by atoms with Gasteiger partial charge in [0.15, 0.2) is 0 Å². The molecule has 1 fully saturated rings. The lowest BCUT2D eigenvalue weighted by atomic mass is 9.97. The van der Waals surface area contributed by atoms with E-state index in [0.717, 1.165) is 19.5 Å². The molecule has 0 unspecified atom stereocenters. The zero-order chi connectivity index (χ0) is 13.5. The summed E-state index contributed by atoms with van der Waals surface area (Å²) < 4.78 is 5.00. The third kappa shape index (κ3) is 3.22. The van der Waals surface area contributed by atoms with Gasteiger partial charge in [-0.25, -0.2) is 4.98 Å². The first-order valence-corrected chi connectivity index (χ1v) is 6.55. The van der Waals surface area contributed by atoms with Crippen molar-refractivity contribution in [1.29, 1.82) is 0 Å². The van der Waals surface area contributed by atoms with Gasteiger partial charge in [0, 0.05) is 19.2 Å². The third-order valence-electron chi connectivity index (χ3n) is 2.97. The fraction of sp³-hybridized carbons (Fsp3) is 0.571. The fourth-order valence-electron chi connectivity index (χ4n) is 1.80. The van der Waals surface area contributed by atoms with Gasteiger partial charge in [-0.15, -0.1) is 0 Å². The van der Waals surface area contributed by atoms with Crippen molar-refractivity contribution in [1.82, 2.24) is 9.88 Å². The minimum Gasteiger partial charge on any atom is -0.481 e. The molecule has 0 aromatic carbocycles. The summed E-state index contributed by atoms with van der Waals surface area (Å²) in [6.07, 6.45) is 1.13. The molecular weight excluding hydrogens is 228 g/mol. The van der Waals surface area contributed by atoms with E-state index in [0.29, 0.717) is 17.5 Å². The average molecular weight is 250 g/mol. The zero-order valence-electron chi connectivity index (χ0n) is 11.6. The summed E-state index contributed by atoms with van der Waals surface area (Å²) in [6, 6.07) is 5.25. The number of carbonyl (C=O) groups excluding carboxylic acids is 1. The summed E-state index contributed by atoms with van der Waals surface area (Å²) in [5.41, 5.74) is 0.467. The number of rotatable bonds is 3. The summed E-state index contributed by atoms with van der Waals surface area (Å²) in [7, 11) is 1.55. The standard InChI is InChI=1S/C12H16N2O2.C2H6/c1-3-9-7-14(8-9)12(15)10-5-4-6-11(13-10)16-2;1-2/h4-6,9H,3,7-8H2,1-2H3;1-2H3. The van der Waals surface area contributed by atoms with Crippen molar-refractivity contribution >= 4 is 5.91 Å². The van der Waals surface area contributed by atoms with E-state index >= 15 is 0 Å². The van der Waals surface area contributed by atoms with Gasteiger partial charge >= 0.3 is 0 Å². The van der Waals surface area contributed by atoms with Gasteiger partial charge in [0.1, 0.15) is 5.69 Å². The number of pyridine rings is 1. The first kappa shape index (κ1) is 14.5. The van der Waals surface area contributed by atoms with E-state index in [9.17, 15) is 4.79 Å². The molecule has 2 rings (SSSR count). The summed E-state index contributed by atoms with van der Waals surface area (Å²) in [5, 5.41) is 0. The highest BCUT2D eigenvalue weighted by atomic mass is 16.5. The van der Waals surface area contributed by atoms with Crippen LogP contribution in [0, 0.1) is 5.92 Å². The third-order valence-corrected chi connectivity index (χ3v) is 2.97. The number of hydrogen-bond donors (Lipinski definition) is 0. The molecule has 0 aliphatic carbocycles. The number of likely N-dealkylation sites (tertiary alicyclic amines) is 1. The maximum absolute atomic E-state index is 12.0. The first-order valence-electron chi connectivity index (χ1n) is 6.55. The van der Waals surface area contributed by atoms with Gasteiger partial charge in [-0.05, 0) is 18.4 Å². The summed E-state index contributed by atoms with van der Waals surface area (Å²) in [4.78, 5) is 17.9. The molecule has 100 valence electrons. The second-order valence-electron chi connectivity index (χ2n) is 4.05. The van der Waals surface area contributed by atoms with Crippen LogP contribution in [0.15, 0.2) is 18.2 Å². The van der Waals surface area contributed by atoms with Crippen molar-refractivity contribution in [2.24, 2.45) is 5.92 Å². The molecule has 18 heavy (non-hydrogen) atoms. The minimum absolute atomic E-state index is 0.00333. The van der Waals surface area contributed by atoms with E-state index < -0.39 is 0 Å². The van der Waals surface area contributed by atoms with Gasteiger partial charge in [-0.3, -0.25) is 4.79 Å². The normalized spacial score (nSPS) is 14.3. The van der Waals surface area contributed by atoms with Crippen LogP contribution in [-0.2, 0) is 0 Å². The molecule has 4 heteroatoms. The van der Waals surface area contributed by atoms with Crippen LogP contribution in [-0.4, -0.2) is 36.0 Å². The number of ether oxygens (including phenoxy) is 1. The highest BCUT2D eigenvalue weighted by molar-refractivity contribution is 5.92. The van der Waals surface area contributed by atoms with Crippen LogP contribution in [0.25, 0.3) is 0 Å². The molecule has 1 aromatic rings. The number of nitrogens with zero attached hydrogens (tertiary/aromatic N) is 2. The SMILES string of the molecule is CC.CCC1CN(C(=O)c2cccc(OC)n2)C1. The van der Waals surface area contributed by atoms with Gasteiger partial charge in [-0.2, -0.15) is 0 Å². The van der Waals surface area contributed by atoms with E-state index in [1.165, 1.54) is 0 Å².